The van der Waals surface area contributed by atoms with Crippen LogP contribution in [-0.4, -0.2) is 51.2 Å². The van der Waals surface area contributed by atoms with Gasteiger partial charge in [0.1, 0.15) is 0 Å². The zero-order chi connectivity index (χ0) is 14.0. The highest BCUT2D eigenvalue weighted by Gasteiger charge is 2.25. The molecular weight excluding hydrogens is 242 g/mol. The maximum atomic E-state index is 11.6. The number of likely N-dealkylation sites (N-methyl/N-ethyl adjacent to an activating group) is 1. The number of hydrogen-bond donors (Lipinski definition) is 1. The van der Waals surface area contributed by atoms with E-state index in [0.29, 0.717) is 17.3 Å². The lowest BCUT2D eigenvalue weighted by atomic mass is 10.1. The summed E-state index contributed by atoms with van der Waals surface area (Å²) in [5, 5.41) is 0. The molecule has 0 radical (unpaired) electrons. The summed E-state index contributed by atoms with van der Waals surface area (Å²) >= 11 is 0. The maximum absolute atomic E-state index is 11.6. The Morgan fingerprint density at radius 3 is 2.79 bits per heavy atom. The van der Waals surface area contributed by atoms with Crippen LogP contribution in [0.1, 0.15) is 16.8 Å². The lowest BCUT2D eigenvalue weighted by Crippen LogP contribution is -2.31. The van der Waals surface area contributed by atoms with Crippen molar-refractivity contribution in [3.05, 3.63) is 23.8 Å². The number of esters is 1. The van der Waals surface area contributed by atoms with E-state index >= 15 is 0 Å². The molecule has 5 heteroatoms. The standard InChI is InChI=1S/C14H21N3O2/c1-16(2)11-6-7-17(9-11)13-8-10(14(18)19-3)4-5-12(13)15/h4-5,8,11H,6-7,9,15H2,1-3H3. The van der Waals surface area contributed by atoms with Gasteiger partial charge in [0.15, 0.2) is 0 Å². The molecule has 1 fully saturated rings. The van der Waals surface area contributed by atoms with Gasteiger partial charge in [-0.05, 0) is 38.7 Å². The molecule has 1 aromatic carbocycles. The van der Waals surface area contributed by atoms with Gasteiger partial charge in [-0.3, -0.25) is 0 Å². The first kappa shape index (κ1) is 13.7. The fraction of sp³-hybridized carbons (Fsp3) is 0.500. The fourth-order valence-corrected chi connectivity index (χ4v) is 2.44. The van der Waals surface area contributed by atoms with E-state index in [0.717, 1.165) is 25.2 Å². The molecule has 2 rings (SSSR count). The van der Waals surface area contributed by atoms with Gasteiger partial charge >= 0.3 is 5.97 Å². The second kappa shape index (κ2) is 5.48. The number of anilines is 2. The Morgan fingerprint density at radius 2 is 2.21 bits per heavy atom. The topological polar surface area (TPSA) is 58.8 Å². The Bertz CT molecular complexity index is 474. The Kier molecular flexibility index (Phi) is 3.95. The first-order valence-electron chi connectivity index (χ1n) is 6.42. The number of hydrogen-bond acceptors (Lipinski definition) is 5. The van der Waals surface area contributed by atoms with Crippen molar-refractivity contribution in [1.29, 1.82) is 0 Å². The molecule has 1 aliphatic rings. The summed E-state index contributed by atoms with van der Waals surface area (Å²) in [5.74, 6) is -0.329. The first-order valence-corrected chi connectivity index (χ1v) is 6.42. The summed E-state index contributed by atoms with van der Waals surface area (Å²) < 4.78 is 4.75. The highest BCUT2D eigenvalue weighted by molar-refractivity contribution is 5.92. The third kappa shape index (κ3) is 2.81. The van der Waals surface area contributed by atoms with Crippen LogP contribution in [0.2, 0.25) is 0 Å². The Morgan fingerprint density at radius 1 is 1.47 bits per heavy atom. The lowest BCUT2D eigenvalue weighted by Gasteiger charge is -2.23. The Balaban J connectivity index is 2.22. The molecule has 1 atom stereocenters. The normalized spacial score (nSPS) is 18.9. The molecule has 2 N–H and O–H groups in total. The van der Waals surface area contributed by atoms with Crippen LogP contribution in [-0.2, 0) is 4.74 Å². The van der Waals surface area contributed by atoms with E-state index in [4.69, 9.17) is 10.5 Å². The average molecular weight is 263 g/mol. The highest BCUT2D eigenvalue weighted by Crippen LogP contribution is 2.29. The van der Waals surface area contributed by atoms with Gasteiger partial charge in [0.05, 0.1) is 24.0 Å². The molecule has 0 bridgehead atoms. The predicted octanol–water partition coefficient (Wildman–Crippen LogP) is 1.20. The molecule has 1 aromatic rings. The minimum Gasteiger partial charge on any atom is -0.465 e. The number of methoxy groups -OCH3 is 1. The third-order valence-electron chi connectivity index (χ3n) is 3.69. The van der Waals surface area contributed by atoms with Crippen molar-refractivity contribution in [2.75, 3.05) is 44.9 Å². The molecule has 19 heavy (non-hydrogen) atoms. The van der Waals surface area contributed by atoms with Crippen molar-refractivity contribution in [2.45, 2.75) is 12.5 Å². The van der Waals surface area contributed by atoms with Gasteiger partial charge in [0.25, 0.3) is 0 Å². The van der Waals surface area contributed by atoms with Gasteiger partial charge in [0.2, 0.25) is 0 Å². The molecule has 1 saturated heterocycles. The predicted molar refractivity (Wildman–Crippen MR) is 76.5 cm³/mol. The zero-order valence-corrected chi connectivity index (χ0v) is 11.7. The van der Waals surface area contributed by atoms with Gasteiger partial charge < -0.3 is 20.3 Å². The molecular formula is C14H21N3O2. The van der Waals surface area contributed by atoms with E-state index in [-0.39, 0.29) is 5.97 Å². The summed E-state index contributed by atoms with van der Waals surface area (Å²) in [5.41, 5.74) is 8.19. The van der Waals surface area contributed by atoms with Crippen LogP contribution in [0.15, 0.2) is 18.2 Å². The van der Waals surface area contributed by atoms with Crippen molar-refractivity contribution < 1.29 is 9.53 Å². The van der Waals surface area contributed by atoms with Crippen molar-refractivity contribution in [2.24, 2.45) is 0 Å². The molecule has 5 nitrogen and oxygen atoms in total. The Hall–Kier alpha value is -1.75. The van der Waals surface area contributed by atoms with Gasteiger partial charge in [-0.2, -0.15) is 0 Å². The smallest absolute Gasteiger partial charge is 0.337 e. The maximum Gasteiger partial charge on any atom is 0.337 e. The van der Waals surface area contributed by atoms with Crippen LogP contribution >= 0.6 is 0 Å². The van der Waals surface area contributed by atoms with E-state index in [2.05, 4.69) is 23.9 Å². The molecule has 104 valence electrons. The lowest BCUT2D eigenvalue weighted by molar-refractivity contribution is 0.0601. The van der Waals surface area contributed by atoms with Crippen LogP contribution in [0, 0.1) is 0 Å². The molecule has 0 spiro atoms. The molecule has 0 aliphatic carbocycles. The molecule has 0 aromatic heterocycles. The van der Waals surface area contributed by atoms with Crippen LogP contribution in [0.5, 0.6) is 0 Å². The van der Waals surface area contributed by atoms with E-state index in [1.807, 2.05) is 6.07 Å². The fourth-order valence-electron chi connectivity index (χ4n) is 2.44. The van der Waals surface area contributed by atoms with E-state index in [1.54, 1.807) is 12.1 Å². The first-order chi connectivity index (χ1) is 9.02. The zero-order valence-electron chi connectivity index (χ0n) is 11.7. The minimum atomic E-state index is -0.329. The number of rotatable bonds is 3. The second-order valence-electron chi connectivity index (χ2n) is 5.12. The van der Waals surface area contributed by atoms with Gasteiger partial charge in [-0.25, -0.2) is 4.79 Å². The summed E-state index contributed by atoms with van der Waals surface area (Å²) in [4.78, 5) is 16.0. The van der Waals surface area contributed by atoms with Crippen molar-refractivity contribution in [1.82, 2.24) is 4.90 Å². The molecule has 0 amide bonds. The van der Waals surface area contributed by atoms with E-state index in [1.165, 1.54) is 7.11 Å². The largest absolute Gasteiger partial charge is 0.465 e. The number of carbonyl (C=O) groups excluding carboxylic acids is 1. The van der Waals surface area contributed by atoms with Crippen molar-refractivity contribution in [3.8, 4) is 0 Å². The van der Waals surface area contributed by atoms with Crippen molar-refractivity contribution >= 4 is 17.3 Å². The van der Waals surface area contributed by atoms with Crippen LogP contribution in [0.4, 0.5) is 11.4 Å². The number of nitrogens with zero attached hydrogens (tertiary/aromatic N) is 2. The average Bonchev–Trinajstić information content (AvgIpc) is 2.88. The quantitative estimate of drug-likeness (QED) is 0.656. The SMILES string of the molecule is COC(=O)c1ccc(N)c(N2CCC(N(C)C)C2)c1. The van der Waals surface area contributed by atoms with E-state index < -0.39 is 0 Å². The minimum absolute atomic E-state index is 0.329. The van der Waals surface area contributed by atoms with Gasteiger partial charge in [0, 0.05) is 19.1 Å². The number of nitrogens with two attached hydrogens (primary N) is 1. The molecule has 1 aliphatic heterocycles. The summed E-state index contributed by atoms with van der Waals surface area (Å²) in [6, 6.07) is 5.81. The van der Waals surface area contributed by atoms with Crippen LogP contribution in [0.3, 0.4) is 0 Å². The number of ether oxygens (including phenoxy) is 1. The van der Waals surface area contributed by atoms with Crippen molar-refractivity contribution in [3.63, 3.8) is 0 Å². The van der Waals surface area contributed by atoms with Crippen LogP contribution in [0.25, 0.3) is 0 Å². The Labute approximate surface area is 113 Å². The van der Waals surface area contributed by atoms with Crippen LogP contribution < -0.4 is 10.6 Å². The number of carbonyl (C=O) groups is 1. The second-order valence-corrected chi connectivity index (χ2v) is 5.12. The molecule has 1 unspecified atom stereocenters. The monoisotopic (exact) mass is 263 g/mol. The van der Waals surface area contributed by atoms with E-state index in [9.17, 15) is 4.79 Å². The van der Waals surface area contributed by atoms with Gasteiger partial charge in [-0.15, -0.1) is 0 Å². The highest BCUT2D eigenvalue weighted by atomic mass is 16.5. The third-order valence-corrected chi connectivity index (χ3v) is 3.69. The molecule has 1 heterocycles. The van der Waals surface area contributed by atoms with Gasteiger partial charge in [-0.1, -0.05) is 0 Å². The number of nitrogen functional groups attached to an aromatic ring is 1. The summed E-state index contributed by atoms with van der Waals surface area (Å²) in [7, 11) is 5.56. The summed E-state index contributed by atoms with van der Waals surface area (Å²) in [6.45, 7) is 1.89. The summed E-state index contributed by atoms with van der Waals surface area (Å²) in [6.07, 6.45) is 1.11. The number of benzene rings is 1. The molecule has 0 saturated carbocycles.